The zero-order valence-electron chi connectivity index (χ0n) is 13.8. The molecule has 1 unspecified atom stereocenters. The lowest BCUT2D eigenvalue weighted by atomic mass is 10.1. The molecule has 0 saturated carbocycles. The van der Waals surface area contributed by atoms with Crippen LogP contribution in [0.2, 0.25) is 0 Å². The number of pyridine rings is 1. The van der Waals surface area contributed by atoms with E-state index in [0.717, 1.165) is 51.5 Å². The number of halogens is 2. The molecule has 6 heteroatoms. The van der Waals surface area contributed by atoms with Crippen LogP contribution in [0.5, 0.6) is 0 Å². The second-order valence-electron chi connectivity index (χ2n) is 6.58. The van der Waals surface area contributed by atoms with Crippen molar-refractivity contribution in [2.45, 2.75) is 19.4 Å². The second-order valence-corrected chi connectivity index (χ2v) is 6.58. The third-order valence-corrected chi connectivity index (χ3v) is 5.04. The first-order valence-electron chi connectivity index (χ1n) is 8.45. The fourth-order valence-electron chi connectivity index (χ4n) is 3.80. The van der Waals surface area contributed by atoms with Gasteiger partial charge in [-0.1, -0.05) is 0 Å². The monoisotopic (exact) mass is 333 g/mol. The van der Waals surface area contributed by atoms with Crippen LogP contribution < -0.4 is 4.90 Å². The maximum Gasteiger partial charge on any atom is 0.185 e. The Bertz CT molecular complexity index is 762. The lowest BCUT2D eigenvalue weighted by molar-refractivity contribution is 0.0209. The van der Waals surface area contributed by atoms with Crippen LogP contribution in [-0.4, -0.2) is 55.3 Å². The number of ether oxygens (including phenoxy) is 1. The molecule has 128 valence electrons. The highest BCUT2D eigenvalue weighted by atomic mass is 19.2. The van der Waals surface area contributed by atoms with Gasteiger partial charge < -0.3 is 9.64 Å². The number of hydrogen-bond donors (Lipinski definition) is 0. The minimum absolute atomic E-state index is 0.125. The van der Waals surface area contributed by atoms with Crippen molar-refractivity contribution in [3.63, 3.8) is 0 Å². The van der Waals surface area contributed by atoms with Crippen LogP contribution in [0.25, 0.3) is 10.9 Å². The summed E-state index contributed by atoms with van der Waals surface area (Å²) < 4.78 is 33.1. The minimum Gasteiger partial charge on any atom is -0.379 e. The number of morpholine rings is 1. The molecule has 0 N–H and O–H groups in total. The van der Waals surface area contributed by atoms with Gasteiger partial charge in [0.05, 0.1) is 13.2 Å². The van der Waals surface area contributed by atoms with Crippen LogP contribution in [0.4, 0.5) is 14.5 Å². The Labute approximate surface area is 140 Å². The first-order valence-corrected chi connectivity index (χ1v) is 8.45. The van der Waals surface area contributed by atoms with E-state index in [1.54, 1.807) is 6.07 Å². The predicted molar refractivity (Wildman–Crippen MR) is 89.4 cm³/mol. The Kier molecular flexibility index (Phi) is 4.10. The number of aryl methyl sites for hydroxylation is 1. The van der Waals surface area contributed by atoms with Gasteiger partial charge in [-0.3, -0.25) is 4.90 Å². The fraction of sp³-hybridized carbons (Fsp3) is 0.500. The molecule has 0 spiro atoms. The molecular formula is C18H21F2N3O. The molecule has 2 aliphatic heterocycles. The third-order valence-electron chi connectivity index (χ3n) is 5.04. The van der Waals surface area contributed by atoms with E-state index in [0.29, 0.717) is 17.1 Å². The van der Waals surface area contributed by atoms with Gasteiger partial charge in [0.25, 0.3) is 0 Å². The lowest BCUT2D eigenvalue weighted by Gasteiger charge is -2.32. The fourth-order valence-corrected chi connectivity index (χ4v) is 3.80. The van der Waals surface area contributed by atoms with E-state index < -0.39 is 11.6 Å². The molecule has 0 aliphatic carbocycles. The maximum absolute atomic E-state index is 14.1. The van der Waals surface area contributed by atoms with Gasteiger partial charge in [-0.15, -0.1) is 0 Å². The van der Waals surface area contributed by atoms with Gasteiger partial charge in [0.15, 0.2) is 11.6 Å². The highest BCUT2D eigenvalue weighted by Crippen LogP contribution is 2.32. The Morgan fingerprint density at radius 2 is 1.96 bits per heavy atom. The summed E-state index contributed by atoms with van der Waals surface area (Å²) in [6.45, 7) is 7.15. The van der Waals surface area contributed by atoms with E-state index in [2.05, 4.69) is 14.8 Å². The molecule has 1 aromatic carbocycles. The summed E-state index contributed by atoms with van der Waals surface area (Å²) >= 11 is 0. The lowest BCUT2D eigenvalue weighted by Crippen LogP contribution is -2.44. The van der Waals surface area contributed by atoms with Crippen molar-refractivity contribution >= 4 is 16.6 Å². The molecule has 4 rings (SSSR count). The molecule has 1 aromatic heterocycles. The minimum atomic E-state index is -0.860. The SMILES string of the molecule is Cc1cc(N2CCC(N3CCOCC3)C2)c2ccc(F)c(F)c2n1. The van der Waals surface area contributed by atoms with Crippen molar-refractivity contribution in [1.29, 1.82) is 0 Å². The van der Waals surface area contributed by atoms with E-state index in [9.17, 15) is 8.78 Å². The van der Waals surface area contributed by atoms with Gasteiger partial charge >= 0.3 is 0 Å². The van der Waals surface area contributed by atoms with Crippen LogP contribution in [-0.2, 0) is 4.74 Å². The van der Waals surface area contributed by atoms with Crippen molar-refractivity contribution in [2.75, 3.05) is 44.3 Å². The van der Waals surface area contributed by atoms with Crippen molar-refractivity contribution < 1.29 is 13.5 Å². The summed E-state index contributed by atoms with van der Waals surface area (Å²) in [5, 5.41) is 0.683. The van der Waals surface area contributed by atoms with Crippen LogP contribution in [0.15, 0.2) is 18.2 Å². The Morgan fingerprint density at radius 1 is 1.17 bits per heavy atom. The zero-order chi connectivity index (χ0) is 16.7. The van der Waals surface area contributed by atoms with Crippen LogP contribution in [0, 0.1) is 18.6 Å². The van der Waals surface area contributed by atoms with Gasteiger partial charge in [0.2, 0.25) is 0 Å². The number of benzene rings is 1. The summed E-state index contributed by atoms with van der Waals surface area (Å²) in [4.78, 5) is 8.95. The first-order chi connectivity index (χ1) is 11.6. The van der Waals surface area contributed by atoms with E-state index >= 15 is 0 Å². The molecule has 2 aliphatic rings. The van der Waals surface area contributed by atoms with E-state index in [4.69, 9.17) is 4.74 Å². The molecule has 4 nitrogen and oxygen atoms in total. The molecule has 2 saturated heterocycles. The molecule has 3 heterocycles. The second kappa shape index (κ2) is 6.26. The average Bonchev–Trinajstić information content (AvgIpc) is 3.09. The van der Waals surface area contributed by atoms with E-state index in [1.807, 2.05) is 13.0 Å². The molecule has 24 heavy (non-hydrogen) atoms. The predicted octanol–water partition coefficient (Wildman–Crippen LogP) is 2.73. The van der Waals surface area contributed by atoms with Crippen molar-refractivity contribution in [3.05, 3.63) is 35.5 Å². The Hall–Kier alpha value is -1.79. The molecule has 1 atom stereocenters. The van der Waals surface area contributed by atoms with Gasteiger partial charge in [-0.25, -0.2) is 13.8 Å². The molecule has 2 aromatic rings. The molecule has 0 radical (unpaired) electrons. The molecule has 0 bridgehead atoms. The summed E-state index contributed by atoms with van der Waals surface area (Å²) in [6, 6.07) is 5.29. The number of nitrogens with zero attached hydrogens (tertiary/aromatic N) is 3. The Balaban J connectivity index is 1.66. The number of aromatic nitrogens is 1. The quantitative estimate of drug-likeness (QED) is 0.845. The molecule has 2 fully saturated rings. The maximum atomic E-state index is 14.1. The summed E-state index contributed by atoms with van der Waals surface area (Å²) in [5.74, 6) is -1.71. The van der Waals surface area contributed by atoms with Gasteiger partial charge in [-0.2, -0.15) is 0 Å². The molecule has 0 amide bonds. The van der Waals surface area contributed by atoms with Crippen LogP contribution >= 0.6 is 0 Å². The summed E-state index contributed by atoms with van der Waals surface area (Å²) in [5.41, 5.74) is 1.78. The van der Waals surface area contributed by atoms with Gasteiger partial charge in [-0.05, 0) is 31.5 Å². The first kappa shape index (κ1) is 15.7. The third kappa shape index (κ3) is 2.74. The standard InChI is InChI=1S/C18H21F2N3O/c1-12-10-16(14-2-3-15(19)17(20)18(14)21-12)23-5-4-13(11-23)22-6-8-24-9-7-22/h2-3,10,13H,4-9,11H2,1H3. The zero-order valence-corrected chi connectivity index (χ0v) is 13.8. The largest absolute Gasteiger partial charge is 0.379 e. The Morgan fingerprint density at radius 3 is 2.75 bits per heavy atom. The van der Waals surface area contributed by atoms with Crippen molar-refractivity contribution in [1.82, 2.24) is 9.88 Å². The van der Waals surface area contributed by atoms with Crippen LogP contribution in [0.1, 0.15) is 12.1 Å². The normalized spacial score (nSPS) is 22.5. The van der Waals surface area contributed by atoms with Crippen molar-refractivity contribution in [2.24, 2.45) is 0 Å². The summed E-state index contributed by atoms with van der Waals surface area (Å²) in [7, 11) is 0. The average molecular weight is 333 g/mol. The number of hydrogen-bond acceptors (Lipinski definition) is 4. The topological polar surface area (TPSA) is 28.6 Å². The summed E-state index contributed by atoms with van der Waals surface area (Å²) in [6.07, 6.45) is 1.08. The van der Waals surface area contributed by atoms with E-state index in [-0.39, 0.29) is 5.52 Å². The van der Waals surface area contributed by atoms with Crippen LogP contribution in [0.3, 0.4) is 0 Å². The highest BCUT2D eigenvalue weighted by Gasteiger charge is 2.30. The van der Waals surface area contributed by atoms with Crippen molar-refractivity contribution in [3.8, 4) is 0 Å². The smallest absolute Gasteiger partial charge is 0.185 e. The van der Waals surface area contributed by atoms with Gasteiger partial charge in [0.1, 0.15) is 5.52 Å². The number of fused-ring (bicyclic) bond motifs is 1. The highest BCUT2D eigenvalue weighted by molar-refractivity contribution is 5.92. The molecular weight excluding hydrogens is 312 g/mol. The van der Waals surface area contributed by atoms with Gasteiger partial charge in [0, 0.05) is 49.0 Å². The number of anilines is 1. The number of rotatable bonds is 2. The van der Waals surface area contributed by atoms with E-state index in [1.165, 1.54) is 6.07 Å².